The average Bonchev–Trinajstić information content (AvgIpc) is 3.46. The number of hydrogen-bond donors (Lipinski definition) is 1. The number of Topliss-reactive ketones (excluding diaryl/α,β-unsaturated/α-hetero) is 1. The average molecular weight is 563 g/mol. The first-order valence-corrected chi connectivity index (χ1v) is 13.5. The predicted octanol–water partition coefficient (Wildman–Crippen LogP) is 5.53. The highest BCUT2D eigenvalue weighted by Crippen LogP contribution is 2.44. The Morgan fingerprint density at radius 1 is 1.12 bits per heavy atom. The van der Waals surface area contributed by atoms with Gasteiger partial charge in [0.15, 0.2) is 5.13 Å². The number of ketones is 1. The van der Waals surface area contributed by atoms with Crippen LogP contribution in [0.4, 0.5) is 5.13 Å². The van der Waals surface area contributed by atoms with Crippen molar-refractivity contribution in [3.63, 3.8) is 0 Å². The second-order valence-corrected chi connectivity index (χ2v) is 10.0. The number of carbonyl (C=O) groups is 3. The van der Waals surface area contributed by atoms with E-state index in [0.29, 0.717) is 47.1 Å². The molecule has 1 aliphatic rings. The maximum Gasteiger partial charge on any atom is 0.350 e. The number of benzene rings is 2. The van der Waals surface area contributed by atoms with Gasteiger partial charge in [-0.15, -0.1) is 0 Å². The minimum atomic E-state index is -1.01. The first kappa shape index (κ1) is 28.6. The lowest BCUT2D eigenvalue weighted by Crippen LogP contribution is -2.29. The number of esters is 1. The molecule has 1 fully saturated rings. The summed E-state index contributed by atoms with van der Waals surface area (Å²) in [7, 11) is 1.26. The van der Waals surface area contributed by atoms with Crippen LogP contribution in [0.5, 0.6) is 11.5 Å². The molecule has 1 N–H and O–H groups in total. The second kappa shape index (κ2) is 12.2. The quantitative estimate of drug-likeness (QED) is 0.113. The van der Waals surface area contributed by atoms with E-state index in [4.69, 9.17) is 14.2 Å². The van der Waals surface area contributed by atoms with Crippen LogP contribution < -0.4 is 14.4 Å². The van der Waals surface area contributed by atoms with E-state index in [1.165, 1.54) is 12.0 Å². The van der Waals surface area contributed by atoms with Crippen LogP contribution in [0.15, 0.2) is 60.7 Å². The minimum absolute atomic E-state index is 0.0949. The molecule has 1 atom stereocenters. The van der Waals surface area contributed by atoms with Crippen LogP contribution in [-0.4, -0.2) is 48.1 Å². The third kappa shape index (κ3) is 5.48. The van der Waals surface area contributed by atoms with Gasteiger partial charge < -0.3 is 19.3 Å². The molecule has 0 aliphatic carbocycles. The van der Waals surface area contributed by atoms with Crippen LogP contribution in [0.1, 0.15) is 51.4 Å². The van der Waals surface area contributed by atoms with Crippen LogP contribution in [-0.2, 0) is 14.3 Å². The van der Waals surface area contributed by atoms with Gasteiger partial charge in [0.25, 0.3) is 5.78 Å². The van der Waals surface area contributed by atoms with E-state index < -0.39 is 23.7 Å². The van der Waals surface area contributed by atoms with Gasteiger partial charge in [-0.05, 0) is 61.7 Å². The molecular formula is C30H30N2O7S. The number of aryl methyl sites for hydroxylation is 2. The smallest absolute Gasteiger partial charge is 0.350 e. The zero-order chi connectivity index (χ0) is 29.0. The molecule has 1 unspecified atom stereocenters. The van der Waals surface area contributed by atoms with E-state index in [0.717, 1.165) is 17.8 Å². The summed E-state index contributed by atoms with van der Waals surface area (Å²) in [6.07, 6.45) is 2.46. The summed E-state index contributed by atoms with van der Waals surface area (Å²) in [5, 5.41) is 11.7. The number of thiazole rings is 1. The Kier molecular flexibility index (Phi) is 8.69. The number of aliphatic hydroxyl groups is 1. The summed E-state index contributed by atoms with van der Waals surface area (Å²) in [6.45, 7) is 9.89. The molecule has 40 heavy (non-hydrogen) atoms. The Hall–Kier alpha value is -4.44. The van der Waals surface area contributed by atoms with Gasteiger partial charge in [0.1, 0.15) is 28.7 Å². The van der Waals surface area contributed by atoms with Gasteiger partial charge in [0.2, 0.25) is 0 Å². The minimum Gasteiger partial charge on any atom is -0.507 e. The van der Waals surface area contributed by atoms with Crippen LogP contribution in [0, 0.1) is 13.8 Å². The number of carbonyl (C=O) groups excluding carboxylic acids is 3. The monoisotopic (exact) mass is 562 g/mol. The van der Waals surface area contributed by atoms with Crippen molar-refractivity contribution >= 4 is 39.9 Å². The standard InChI is InChI=1S/C30H30N2O7S/c1-6-14-38-20-10-8-19(9-11-20)24-23(25(33)22-13-12-21(16-17(22)3)39-15-7-2)26(34)28(35)32(24)30-31-18(4)27(40-30)29(36)37-5/h7-13,16,24,33H,2,6,14-15H2,1,3-5H3/b25-23+. The molecular weight excluding hydrogens is 532 g/mol. The predicted molar refractivity (Wildman–Crippen MR) is 152 cm³/mol. The van der Waals surface area contributed by atoms with Crippen molar-refractivity contribution in [3.05, 3.63) is 88.0 Å². The third-order valence-corrected chi connectivity index (χ3v) is 7.43. The summed E-state index contributed by atoms with van der Waals surface area (Å²) in [6, 6.07) is 11.0. The van der Waals surface area contributed by atoms with E-state index in [1.807, 2.05) is 6.92 Å². The summed E-state index contributed by atoms with van der Waals surface area (Å²) in [5.74, 6) is -1.46. The number of anilines is 1. The van der Waals surface area contributed by atoms with Gasteiger partial charge in [-0.3, -0.25) is 14.5 Å². The molecule has 0 bridgehead atoms. The first-order valence-electron chi connectivity index (χ1n) is 12.7. The van der Waals surface area contributed by atoms with E-state index in [2.05, 4.69) is 11.6 Å². The van der Waals surface area contributed by atoms with Gasteiger partial charge >= 0.3 is 11.9 Å². The second-order valence-electron chi connectivity index (χ2n) is 9.07. The number of methoxy groups -OCH3 is 1. The van der Waals surface area contributed by atoms with Crippen LogP contribution in [0.25, 0.3) is 5.76 Å². The number of hydrogen-bond acceptors (Lipinski definition) is 9. The lowest BCUT2D eigenvalue weighted by molar-refractivity contribution is -0.132. The number of aliphatic hydroxyl groups excluding tert-OH is 1. The Balaban J connectivity index is 1.87. The number of rotatable bonds is 10. The maximum absolute atomic E-state index is 13.5. The van der Waals surface area contributed by atoms with Gasteiger partial charge in [-0.2, -0.15) is 0 Å². The maximum atomic E-state index is 13.5. The van der Waals surface area contributed by atoms with Crippen molar-refractivity contribution in [2.45, 2.75) is 33.2 Å². The molecule has 9 nitrogen and oxygen atoms in total. The Bertz CT molecular complexity index is 1490. The van der Waals surface area contributed by atoms with Gasteiger partial charge in [0, 0.05) is 5.56 Å². The van der Waals surface area contributed by atoms with E-state index in [1.54, 1.807) is 62.4 Å². The van der Waals surface area contributed by atoms with Crippen molar-refractivity contribution < 1.29 is 33.7 Å². The molecule has 4 rings (SSSR count). The van der Waals surface area contributed by atoms with Crippen molar-refractivity contribution in [1.82, 2.24) is 4.98 Å². The summed E-state index contributed by atoms with van der Waals surface area (Å²) >= 11 is 0.944. The van der Waals surface area contributed by atoms with Crippen molar-refractivity contribution in [2.75, 3.05) is 25.2 Å². The molecule has 0 spiro atoms. The summed E-state index contributed by atoms with van der Waals surface area (Å²) < 4.78 is 16.1. The largest absolute Gasteiger partial charge is 0.507 e. The molecule has 208 valence electrons. The molecule has 1 aliphatic heterocycles. The summed E-state index contributed by atoms with van der Waals surface area (Å²) in [5.41, 5.74) is 1.85. The molecule has 1 aromatic heterocycles. The molecule has 10 heteroatoms. The molecule has 2 heterocycles. The number of nitrogens with zero attached hydrogens (tertiary/aromatic N) is 2. The molecule has 2 aromatic carbocycles. The highest BCUT2D eigenvalue weighted by Gasteiger charge is 2.48. The molecule has 1 saturated heterocycles. The van der Waals surface area contributed by atoms with Crippen molar-refractivity contribution in [2.24, 2.45) is 0 Å². The zero-order valence-electron chi connectivity index (χ0n) is 22.7. The lowest BCUT2D eigenvalue weighted by atomic mass is 9.94. The van der Waals surface area contributed by atoms with Gasteiger partial charge in [-0.1, -0.05) is 43.0 Å². The highest BCUT2D eigenvalue weighted by molar-refractivity contribution is 7.17. The van der Waals surface area contributed by atoms with E-state index in [-0.39, 0.29) is 21.3 Å². The fraction of sp³-hybridized carbons (Fsp3) is 0.267. The Morgan fingerprint density at radius 3 is 2.45 bits per heavy atom. The lowest BCUT2D eigenvalue weighted by Gasteiger charge is -2.23. The topological polar surface area (TPSA) is 115 Å². The highest BCUT2D eigenvalue weighted by atomic mass is 32.1. The number of ether oxygens (including phenoxy) is 3. The van der Waals surface area contributed by atoms with Crippen LogP contribution >= 0.6 is 11.3 Å². The molecule has 0 radical (unpaired) electrons. The van der Waals surface area contributed by atoms with Crippen LogP contribution in [0.3, 0.4) is 0 Å². The fourth-order valence-electron chi connectivity index (χ4n) is 4.37. The third-order valence-electron chi connectivity index (χ3n) is 6.30. The van der Waals surface area contributed by atoms with Crippen molar-refractivity contribution in [3.8, 4) is 11.5 Å². The van der Waals surface area contributed by atoms with Crippen molar-refractivity contribution in [1.29, 1.82) is 0 Å². The first-order chi connectivity index (χ1) is 19.2. The van der Waals surface area contributed by atoms with E-state index >= 15 is 0 Å². The van der Waals surface area contributed by atoms with Gasteiger partial charge in [0.05, 0.1) is 31.0 Å². The molecule has 0 saturated carbocycles. The Labute approximate surface area is 236 Å². The van der Waals surface area contributed by atoms with Gasteiger partial charge in [-0.25, -0.2) is 9.78 Å². The number of aromatic nitrogens is 1. The Morgan fingerprint density at radius 2 is 1.82 bits per heavy atom. The van der Waals surface area contributed by atoms with Crippen LogP contribution in [0.2, 0.25) is 0 Å². The SMILES string of the molecule is C=CCOc1ccc(/C(O)=C2\C(=O)C(=O)N(c3nc(C)c(C(=O)OC)s3)C2c2ccc(OCCC)cc2)c(C)c1. The number of amides is 1. The zero-order valence-corrected chi connectivity index (χ0v) is 23.5. The molecule has 3 aromatic rings. The van der Waals surface area contributed by atoms with E-state index in [9.17, 15) is 19.5 Å². The fourth-order valence-corrected chi connectivity index (χ4v) is 5.38. The summed E-state index contributed by atoms with van der Waals surface area (Å²) in [4.78, 5) is 45.1. The normalized spacial score (nSPS) is 16.2. The molecule has 1 amide bonds.